The molecule has 0 amide bonds. The highest BCUT2D eigenvalue weighted by Gasteiger charge is 2.27. The third kappa shape index (κ3) is 7.78. The standard InChI is InChI=1S/C14H26F3NO/c1-11(2)12-4-3-5-13(7-6-12)18-8-9-19-10-14(15,16)17/h11-13,18H,3-10H2,1-2H3. The van der Waals surface area contributed by atoms with Gasteiger partial charge in [-0.15, -0.1) is 0 Å². The normalized spacial score (nSPS) is 25.6. The van der Waals surface area contributed by atoms with Gasteiger partial charge in [-0.05, 0) is 31.1 Å². The summed E-state index contributed by atoms with van der Waals surface area (Å²) in [6.45, 7) is 4.03. The lowest BCUT2D eigenvalue weighted by molar-refractivity contribution is -0.173. The van der Waals surface area contributed by atoms with Crippen LogP contribution in [0.15, 0.2) is 0 Å². The molecule has 0 spiro atoms. The zero-order chi connectivity index (χ0) is 14.3. The molecule has 1 saturated carbocycles. The summed E-state index contributed by atoms with van der Waals surface area (Å²) in [4.78, 5) is 0. The molecule has 0 heterocycles. The lowest BCUT2D eigenvalue weighted by Gasteiger charge is -2.19. The third-order valence-corrected chi connectivity index (χ3v) is 3.90. The number of hydrogen-bond acceptors (Lipinski definition) is 2. The van der Waals surface area contributed by atoms with Gasteiger partial charge in [-0.25, -0.2) is 0 Å². The Labute approximate surface area is 114 Å². The van der Waals surface area contributed by atoms with Gasteiger partial charge in [0.05, 0.1) is 6.61 Å². The summed E-state index contributed by atoms with van der Waals surface area (Å²) in [6.07, 6.45) is 1.75. The minimum Gasteiger partial charge on any atom is -0.371 e. The largest absolute Gasteiger partial charge is 0.411 e. The van der Waals surface area contributed by atoms with Gasteiger partial charge in [0.1, 0.15) is 6.61 Å². The van der Waals surface area contributed by atoms with E-state index in [9.17, 15) is 13.2 Å². The Bertz CT molecular complexity index is 243. The molecule has 0 saturated heterocycles. The number of alkyl halides is 3. The predicted octanol–water partition coefficient (Wildman–Crippen LogP) is 3.76. The number of nitrogens with one attached hydrogen (secondary N) is 1. The Morgan fingerprint density at radius 1 is 1.16 bits per heavy atom. The van der Waals surface area contributed by atoms with Crippen molar-refractivity contribution >= 4 is 0 Å². The molecule has 1 aliphatic rings. The fraction of sp³-hybridized carbons (Fsp3) is 1.00. The van der Waals surface area contributed by atoms with Gasteiger partial charge in [-0.3, -0.25) is 0 Å². The maximum atomic E-state index is 11.9. The fourth-order valence-corrected chi connectivity index (χ4v) is 2.72. The molecule has 0 radical (unpaired) electrons. The average molecular weight is 281 g/mol. The van der Waals surface area contributed by atoms with Crippen LogP contribution < -0.4 is 5.32 Å². The molecule has 19 heavy (non-hydrogen) atoms. The van der Waals surface area contributed by atoms with Gasteiger partial charge < -0.3 is 10.1 Å². The van der Waals surface area contributed by atoms with E-state index < -0.39 is 12.8 Å². The summed E-state index contributed by atoms with van der Waals surface area (Å²) < 4.78 is 40.2. The van der Waals surface area contributed by atoms with Crippen molar-refractivity contribution in [2.75, 3.05) is 19.8 Å². The van der Waals surface area contributed by atoms with Gasteiger partial charge in [0, 0.05) is 12.6 Å². The molecular formula is C14H26F3NO. The van der Waals surface area contributed by atoms with E-state index in [1.807, 2.05) is 0 Å². The van der Waals surface area contributed by atoms with Crippen LogP contribution in [-0.4, -0.2) is 32.0 Å². The molecular weight excluding hydrogens is 255 g/mol. The summed E-state index contributed by atoms with van der Waals surface area (Å²) in [6, 6.07) is 0.443. The van der Waals surface area contributed by atoms with E-state index in [-0.39, 0.29) is 6.61 Å². The highest BCUT2D eigenvalue weighted by atomic mass is 19.4. The Balaban J connectivity index is 2.10. The zero-order valence-corrected chi connectivity index (χ0v) is 11.9. The smallest absolute Gasteiger partial charge is 0.371 e. The van der Waals surface area contributed by atoms with Crippen LogP contribution in [0.1, 0.15) is 46.0 Å². The lowest BCUT2D eigenvalue weighted by atomic mass is 9.89. The molecule has 5 heteroatoms. The minimum atomic E-state index is -4.22. The summed E-state index contributed by atoms with van der Waals surface area (Å²) in [7, 11) is 0. The van der Waals surface area contributed by atoms with Crippen LogP contribution in [0.25, 0.3) is 0 Å². The summed E-state index contributed by atoms with van der Waals surface area (Å²) in [5.41, 5.74) is 0. The van der Waals surface area contributed by atoms with E-state index >= 15 is 0 Å². The van der Waals surface area contributed by atoms with Crippen molar-refractivity contribution in [2.24, 2.45) is 11.8 Å². The Morgan fingerprint density at radius 3 is 2.53 bits per heavy atom. The lowest BCUT2D eigenvalue weighted by Crippen LogP contribution is -2.32. The molecule has 1 fully saturated rings. The van der Waals surface area contributed by atoms with E-state index in [0.717, 1.165) is 24.7 Å². The number of hydrogen-bond donors (Lipinski definition) is 1. The molecule has 1 rings (SSSR count). The second-order valence-electron chi connectivity index (χ2n) is 5.83. The number of rotatable bonds is 6. The van der Waals surface area contributed by atoms with Crippen LogP contribution in [0.3, 0.4) is 0 Å². The summed E-state index contributed by atoms with van der Waals surface area (Å²) >= 11 is 0. The van der Waals surface area contributed by atoms with Gasteiger partial charge in [0.15, 0.2) is 0 Å². The Kier molecular flexibility index (Phi) is 7.15. The van der Waals surface area contributed by atoms with Crippen molar-refractivity contribution in [3.63, 3.8) is 0 Å². The van der Waals surface area contributed by atoms with Gasteiger partial charge in [0.25, 0.3) is 0 Å². The monoisotopic (exact) mass is 281 g/mol. The maximum absolute atomic E-state index is 11.9. The summed E-state index contributed by atoms with van der Waals surface area (Å²) in [5.74, 6) is 1.53. The molecule has 1 N–H and O–H groups in total. The van der Waals surface area contributed by atoms with Crippen LogP contribution in [0.5, 0.6) is 0 Å². The second-order valence-corrected chi connectivity index (χ2v) is 5.83. The highest BCUT2D eigenvalue weighted by Crippen LogP contribution is 2.28. The van der Waals surface area contributed by atoms with E-state index in [0.29, 0.717) is 12.6 Å². The minimum absolute atomic E-state index is 0.129. The molecule has 2 nitrogen and oxygen atoms in total. The first-order valence-corrected chi connectivity index (χ1v) is 7.26. The van der Waals surface area contributed by atoms with Crippen LogP contribution >= 0.6 is 0 Å². The van der Waals surface area contributed by atoms with Crippen molar-refractivity contribution in [1.29, 1.82) is 0 Å². The van der Waals surface area contributed by atoms with Gasteiger partial charge in [-0.1, -0.05) is 26.7 Å². The maximum Gasteiger partial charge on any atom is 0.411 e. The van der Waals surface area contributed by atoms with Crippen molar-refractivity contribution in [2.45, 2.75) is 58.2 Å². The zero-order valence-electron chi connectivity index (χ0n) is 11.9. The first kappa shape index (κ1) is 16.8. The Morgan fingerprint density at radius 2 is 1.89 bits per heavy atom. The predicted molar refractivity (Wildman–Crippen MR) is 70.1 cm³/mol. The molecule has 0 bridgehead atoms. The SMILES string of the molecule is CC(C)C1CCCC(NCCOCC(F)(F)F)CC1. The van der Waals surface area contributed by atoms with Gasteiger partial charge >= 0.3 is 6.18 Å². The van der Waals surface area contributed by atoms with Crippen LogP contribution in [0, 0.1) is 11.8 Å². The topological polar surface area (TPSA) is 21.3 Å². The van der Waals surface area contributed by atoms with Crippen LogP contribution in [0.2, 0.25) is 0 Å². The average Bonchev–Trinajstić information content (AvgIpc) is 2.52. The number of ether oxygens (including phenoxy) is 1. The van der Waals surface area contributed by atoms with E-state index in [4.69, 9.17) is 0 Å². The first-order chi connectivity index (χ1) is 8.88. The van der Waals surface area contributed by atoms with Crippen molar-refractivity contribution in [1.82, 2.24) is 5.32 Å². The molecule has 2 unspecified atom stereocenters. The van der Waals surface area contributed by atoms with Crippen molar-refractivity contribution in [3.05, 3.63) is 0 Å². The molecule has 0 aliphatic heterocycles. The molecule has 0 aromatic carbocycles. The van der Waals surface area contributed by atoms with Crippen molar-refractivity contribution < 1.29 is 17.9 Å². The van der Waals surface area contributed by atoms with E-state index in [1.165, 1.54) is 19.3 Å². The second kappa shape index (κ2) is 8.10. The molecule has 0 aromatic rings. The van der Waals surface area contributed by atoms with Crippen LogP contribution in [-0.2, 0) is 4.74 Å². The van der Waals surface area contributed by atoms with E-state index in [2.05, 4.69) is 23.9 Å². The molecule has 2 atom stereocenters. The Hall–Kier alpha value is -0.290. The highest BCUT2D eigenvalue weighted by molar-refractivity contribution is 4.76. The molecule has 1 aliphatic carbocycles. The number of halogens is 3. The molecule has 114 valence electrons. The fourth-order valence-electron chi connectivity index (χ4n) is 2.72. The van der Waals surface area contributed by atoms with E-state index in [1.54, 1.807) is 0 Å². The van der Waals surface area contributed by atoms with Crippen LogP contribution in [0.4, 0.5) is 13.2 Å². The molecule has 0 aromatic heterocycles. The quantitative estimate of drug-likeness (QED) is 0.591. The first-order valence-electron chi connectivity index (χ1n) is 7.26. The summed E-state index contributed by atoms with van der Waals surface area (Å²) in [5, 5.41) is 3.31. The van der Waals surface area contributed by atoms with Gasteiger partial charge in [-0.2, -0.15) is 13.2 Å². The van der Waals surface area contributed by atoms with Crippen molar-refractivity contribution in [3.8, 4) is 0 Å². The van der Waals surface area contributed by atoms with Gasteiger partial charge in [0.2, 0.25) is 0 Å². The third-order valence-electron chi connectivity index (χ3n) is 3.90.